The number of fused-ring (bicyclic) bond motifs is 1. The molecule has 2 rings (SSSR count). The Labute approximate surface area is 85.3 Å². The molecule has 1 atom stereocenters. The van der Waals surface area contributed by atoms with Gasteiger partial charge < -0.3 is 10.1 Å². The largest absolute Gasteiger partial charge is 0.493 e. The first-order chi connectivity index (χ1) is 6.90. The highest BCUT2D eigenvalue weighted by Crippen LogP contribution is 2.26. The van der Waals surface area contributed by atoms with Crippen molar-refractivity contribution >= 4 is 0 Å². The zero-order valence-corrected chi connectivity index (χ0v) is 8.62. The van der Waals surface area contributed by atoms with E-state index in [9.17, 15) is 0 Å². The molecule has 76 valence electrons. The van der Waals surface area contributed by atoms with Gasteiger partial charge >= 0.3 is 0 Å². The molecule has 1 N–H and O–H groups in total. The molecule has 0 saturated carbocycles. The Bertz CT molecular complexity index is 298. The third-order valence-corrected chi connectivity index (χ3v) is 2.64. The minimum Gasteiger partial charge on any atom is -0.493 e. The Morgan fingerprint density at radius 1 is 1.43 bits per heavy atom. The van der Waals surface area contributed by atoms with Gasteiger partial charge in [-0.15, -0.1) is 0 Å². The van der Waals surface area contributed by atoms with Crippen LogP contribution in [0.3, 0.4) is 0 Å². The van der Waals surface area contributed by atoms with Crippen LogP contribution in [0.15, 0.2) is 24.3 Å². The smallest absolute Gasteiger partial charge is 0.122 e. The monoisotopic (exact) mass is 191 g/mol. The third-order valence-electron chi connectivity index (χ3n) is 2.64. The van der Waals surface area contributed by atoms with Crippen LogP contribution in [-0.4, -0.2) is 19.7 Å². The molecule has 14 heavy (non-hydrogen) atoms. The molecule has 0 amide bonds. The van der Waals surface area contributed by atoms with Crippen molar-refractivity contribution in [1.29, 1.82) is 0 Å². The van der Waals surface area contributed by atoms with E-state index in [2.05, 4.69) is 30.4 Å². The van der Waals surface area contributed by atoms with Crippen LogP contribution < -0.4 is 10.1 Å². The summed E-state index contributed by atoms with van der Waals surface area (Å²) in [7, 11) is 0. The van der Waals surface area contributed by atoms with Gasteiger partial charge in [0.2, 0.25) is 0 Å². The summed E-state index contributed by atoms with van der Waals surface area (Å²) in [5, 5.41) is 3.37. The average Bonchev–Trinajstić information content (AvgIpc) is 2.26. The third kappa shape index (κ3) is 2.07. The zero-order chi connectivity index (χ0) is 9.80. The van der Waals surface area contributed by atoms with Crippen molar-refractivity contribution in [3.8, 4) is 5.75 Å². The topological polar surface area (TPSA) is 21.3 Å². The SMILES string of the molecule is CCNCC1COc2ccccc2C1. The molecule has 0 saturated heterocycles. The summed E-state index contributed by atoms with van der Waals surface area (Å²) in [6, 6.07) is 8.33. The van der Waals surface area contributed by atoms with Crippen LogP contribution >= 0.6 is 0 Å². The maximum Gasteiger partial charge on any atom is 0.122 e. The maximum absolute atomic E-state index is 5.69. The Balaban J connectivity index is 1.99. The van der Waals surface area contributed by atoms with Crippen LogP contribution in [0.1, 0.15) is 12.5 Å². The molecular weight excluding hydrogens is 174 g/mol. The minimum atomic E-state index is 0.629. The number of ether oxygens (including phenoxy) is 1. The Morgan fingerprint density at radius 3 is 3.14 bits per heavy atom. The van der Waals surface area contributed by atoms with Gasteiger partial charge in [0.15, 0.2) is 0 Å². The summed E-state index contributed by atoms with van der Waals surface area (Å²) in [6.45, 7) is 5.09. The van der Waals surface area contributed by atoms with Crippen molar-refractivity contribution in [2.45, 2.75) is 13.3 Å². The molecule has 1 aromatic carbocycles. The number of hydrogen-bond acceptors (Lipinski definition) is 2. The van der Waals surface area contributed by atoms with E-state index in [0.717, 1.165) is 31.9 Å². The van der Waals surface area contributed by atoms with Gasteiger partial charge in [-0.3, -0.25) is 0 Å². The summed E-state index contributed by atoms with van der Waals surface area (Å²) in [4.78, 5) is 0. The summed E-state index contributed by atoms with van der Waals surface area (Å²) in [6.07, 6.45) is 1.14. The Morgan fingerprint density at radius 2 is 2.29 bits per heavy atom. The molecule has 0 bridgehead atoms. The quantitative estimate of drug-likeness (QED) is 0.787. The summed E-state index contributed by atoms with van der Waals surface area (Å²) in [5.74, 6) is 1.70. The van der Waals surface area contributed by atoms with Crippen molar-refractivity contribution in [3.05, 3.63) is 29.8 Å². The lowest BCUT2D eigenvalue weighted by Gasteiger charge is -2.25. The molecule has 1 aliphatic heterocycles. The fourth-order valence-corrected chi connectivity index (χ4v) is 1.87. The van der Waals surface area contributed by atoms with Crippen LogP contribution in [0.2, 0.25) is 0 Å². The second-order valence-corrected chi connectivity index (χ2v) is 3.80. The summed E-state index contributed by atoms with van der Waals surface area (Å²) < 4.78 is 5.69. The molecule has 2 nitrogen and oxygen atoms in total. The lowest BCUT2D eigenvalue weighted by molar-refractivity contribution is 0.219. The molecule has 1 aliphatic rings. The molecule has 0 fully saturated rings. The second-order valence-electron chi connectivity index (χ2n) is 3.80. The van der Waals surface area contributed by atoms with Gasteiger partial charge in [-0.1, -0.05) is 25.1 Å². The van der Waals surface area contributed by atoms with Crippen molar-refractivity contribution in [2.24, 2.45) is 5.92 Å². The van der Waals surface area contributed by atoms with E-state index in [-0.39, 0.29) is 0 Å². The zero-order valence-electron chi connectivity index (χ0n) is 8.62. The van der Waals surface area contributed by atoms with E-state index in [1.807, 2.05) is 6.07 Å². The van der Waals surface area contributed by atoms with Crippen LogP contribution in [0.4, 0.5) is 0 Å². The fourth-order valence-electron chi connectivity index (χ4n) is 1.87. The highest BCUT2D eigenvalue weighted by Gasteiger charge is 2.18. The van der Waals surface area contributed by atoms with Crippen molar-refractivity contribution < 1.29 is 4.74 Å². The van der Waals surface area contributed by atoms with Crippen molar-refractivity contribution in [1.82, 2.24) is 5.32 Å². The normalized spacial score (nSPS) is 19.9. The molecule has 0 aliphatic carbocycles. The predicted octanol–water partition coefficient (Wildman–Crippen LogP) is 1.85. The molecule has 1 aromatic rings. The first kappa shape index (κ1) is 9.53. The molecule has 0 radical (unpaired) electrons. The van der Waals surface area contributed by atoms with E-state index < -0.39 is 0 Å². The van der Waals surface area contributed by atoms with Crippen LogP contribution in [-0.2, 0) is 6.42 Å². The Hall–Kier alpha value is -1.02. The molecule has 0 spiro atoms. The standard InChI is InChI=1S/C12H17NO/c1-2-13-8-10-7-11-5-3-4-6-12(11)14-9-10/h3-6,10,13H,2,7-9H2,1H3. The predicted molar refractivity (Wildman–Crippen MR) is 57.7 cm³/mol. The summed E-state index contributed by atoms with van der Waals surface area (Å²) in [5.41, 5.74) is 1.35. The number of hydrogen-bond donors (Lipinski definition) is 1. The lowest BCUT2D eigenvalue weighted by Crippen LogP contribution is -2.31. The van der Waals surface area contributed by atoms with Crippen LogP contribution in [0.25, 0.3) is 0 Å². The maximum atomic E-state index is 5.69. The molecule has 0 aromatic heterocycles. The van der Waals surface area contributed by atoms with Gasteiger partial charge in [-0.2, -0.15) is 0 Å². The lowest BCUT2D eigenvalue weighted by atomic mass is 9.97. The first-order valence-corrected chi connectivity index (χ1v) is 5.31. The molecular formula is C12H17NO. The van der Waals surface area contributed by atoms with E-state index in [0.29, 0.717) is 5.92 Å². The van der Waals surface area contributed by atoms with Gasteiger partial charge in [0, 0.05) is 12.5 Å². The number of nitrogens with one attached hydrogen (secondary N) is 1. The first-order valence-electron chi connectivity index (χ1n) is 5.31. The van der Waals surface area contributed by atoms with Gasteiger partial charge in [0.05, 0.1) is 6.61 Å². The van der Waals surface area contributed by atoms with Crippen molar-refractivity contribution in [2.75, 3.05) is 19.7 Å². The van der Waals surface area contributed by atoms with Crippen LogP contribution in [0.5, 0.6) is 5.75 Å². The Kier molecular flexibility index (Phi) is 3.04. The molecule has 1 heterocycles. The summed E-state index contributed by atoms with van der Waals surface area (Å²) >= 11 is 0. The molecule has 1 unspecified atom stereocenters. The van der Waals surface area contributed by atoms with Crippen molar-refractivity contribution in [3.63, 3.8) is 0 Å². The van der Waals surface area contributed by atoms with E-state index in [4.69, 9.17) is 4.74 Å². The highest BCUT2D eigenvalue weighted by atomic mass is 16.5. The highest BCUT2D eigenvalue weighted by molar-refractivity contribution is 5.35. The number of para-hydroxylation sites is 1. The second kappa shape index (κ2) is 4.47. The fraction of sp³-hybridized carbons (Fsp3) is 0.500. The van der Waals surface area contributed by atoms with Crippen LogP contribution in [0, 0.1) is 5.92 Å². The van der Waals surface area contributed by atoms with Gasteiger partial charge in [-0.05, 0) is 24.6 Å². The van der Waals surface area contributed by atoms with Gasteiger partial charge in [-0.25, -0.2) is 0 Å². The molecule has 2 heteroatoms. The average molecular weight is 191 g/mol. The van der Waals surface area contributed by atoms with E-state index in [1.165, 1.54) is 5.56 Å². The minimum absolute atomic E-state index is 0.629. The number of benzene rings is 1. The van der Waals surface area contributed by atoms with E-state index >= 15 is 0 Å². The van der Waals surface area contributed by atoms with Gasteiger partial charge in [0.1, 0.15) is 5.75 Å². The number of rotatable bonds is 3. The van der Waals surface area contributed by atoms with Gasteiger partial charge in [0.25, 0.3) is 0 Å². The van der Waals surface area contributed by atoms with E-state index in [1.54, 1.807) is 0 Å².